The van der Waals surface area contributed by atoms with E-state index in [1.165, 1.54) is 24.0 Å². The van der Waals surface area contributed by atoms with E-state index in [4.69, 9.17) is 0 Å². The molecule has 2 amide bonds. The van der Waals surface area contributed by atoms with E-state index < -0.39 is 6.04 Å². The summed E-state index contributed by atoms with van der Waals surface area (Å²) in [5.41, 5.74) is 4.41. The first-order valence-corrected chi connectivity index (χ1v) is 12.3. The molecule has 1 atom stereocenters. The van der Waals surface area contributed by atoms with Crippen LogP contribution in [0, 0.1) is 0 Å². The molecule has 0 unspecified atom stereocenters. The normalized spacial score (nSPS) is 16.6. The Morgan fingerprint density at radius 2 is 1.87 bits per heavy atom. The Hall–Kier alpha value is -2.53. The van der Waals surface area contributed by atoms with E-state index in [2.05, 4.69) is 23.5 Å². The van der Waals surface area contributed by atoms with Crippen LogP contribution >= 0.6 is 11.8 Å². The molecular weight excluding hydrogens is 404 g/mol. The fraction of sp³-hybridized carbons (Fsp3) is 0.385. The zero-order valence-corrected chi connectivity index (χ0v) is 18.7. The highest BCUT2D eigenvalue weighted by molar-refractivity contribution is 7.98. The number of nitrogens with zero attached hydrogens (tertiary/aromatic N) is 1. The molecule has 2 aromatic carbocycles. The second-order valence-electron chi connectivity index (χ2n) is 8.26. The van der Waals surface area contributed by atoms with Crippen molar-refractivity contribution in [1.29, 1.82) is 0 Å². The molecule has 5 heteroatoms. The van der Waals surface area contributed by atoms with E-state index >= 15 is 0 Å². The van der Waals surface area contributed by atoms with Crippen LogP contribution in [-0.4, -0.2) is 35.1 Å². The molecule has 2 aromatic rings. The van der Waals surface area contributed by atoms with Crippen molar-refractivity contribution >= 4 is 23.6 Å². The highest BCUT2D eigenvalue weighted by atomic mass is 32.2. The maximum atomic E-state index is 13.2. The number of nitrogens with one attached hydrogen (secondary N) is 1. The molecule has 0 saturated heterocycles. The van der Waals surface area contributed by atoms with Crippen LogP contribution in [0.25, 0.3) is 0 Å². The highest BCUT2D eigenvalue weighted by Crippen LogP contribution is 2.27. The number of fused-ring (bicyclic) bond motifs is 1. The number of rotatable bonds is 9. The van der Waals surface area contributed by atoms with Crippen molar-refractivity contribution in [3.63, 3.8) is 0 Å². The lowest BCUT2D eigenvalue weighted by atomic mass is 9.97. The number of hydrogen-bond donors (Lipinski definition) is 1. The number of hydrogen-bond acceptors (Lipinski definition) is 3. The molecule has 0 bridgehead atoms. The van der Waals surface area contributed by atoms with Crippen LogP contribution in [0.2, 0.25) is 0 Å². The molecule has 0 aromatic heterocycles. The van der Waals surface area contributed by atoms with Crippen LogP contribution < -0.4 is 5.32 Å². The molecule has 1 aliphatic carbocycles. The minimum atomic E-state index is -0.464. The molecule has 31 heavy (non-hydrogen) atoms. The van der Waals surface area contributed by atoms with Crippen LogP contribution in [0.5, 0.6) is 0 Å². The van der Waals surface area contributed by atoms with Crippen LogP contribution in [0.1, 0.15) is 53.6 Å². The number of thioether (sulfide) groups is 1. The smallest absolute Gasteiger partial charge is 0.255 e. The lowest BCUT2D eigenvalue weighted by Gasteiger charge is -2.27. The first-order chi connectivity index (χ1) is 15.2. The molecule has 4 nitrogen and oxygen atoms in total. The summed E-state index contributed by atoms with van der Waals surface area (Å²) in [4.78, 5) is 27.9. The molecule has 1 aliphatic heterocycles. The lowest BCUT2D eigenvalue weighted by Crippen LogP contribution is -2.49. The molecule has 1 heterocycles. The van der Waals surface area contributed by atoms with Crippen molar-refractivity contribution in [2.45, 2.75) is 50.4 Å². The molecule has 4 rings (SSSR count). The van der Waals surface area contributed by atoms with Gasteiger partial charge in [0.1, 0.15) is 6.04 Å². The van der Waals surface area contributed by atoms with E-state index in [1.807, 2.05) is 42.5 Å². The largest absolute Gasteiger partial charge is 0.354 e. The van der Waals surface area contributed by atoms with Crippen molar-refractivity contribution in [2.24, 2.45) is 0 Å². The van der Waals surface area contributed by atoms with Gasteiger partial charge < -0.3 is 10.2 Å². The van der Waals surface area contributed by atoms with Gasteiger partial charge in [-0.3, -0.25) is 9.59 Å². The van der Waals surface area contributed by atoms with E-state index in [-0.39, 0.29) is 11.8 Å². The number of allylic oxidation sites excluding steroid dienone is 1. The monoisotopic (exact) mass is 434 g/mol. The molecule has 0 saturated carbocycles. The summed E-state index contributed by atoms with van der Waals surface area (Å²) < 4.78 is 0. The Balaban J connectivity index is 1.40. The first-order valence-electron chi connectivity index (χ1n) is 11.2. The maximum absolute atomic E-state index is 13.2. The molecule has 0 spiro atoms. The summed E-state index contributed by atoms with van der Waals surface area (Å²) in [6.45, 7) is 1.14. The molecule has 0 fully saturated rings. The Morgan fingerprint density at radius 1 is 1.06 bits per heavy atom. The average molecular weight is 435 g/mol. The topological polar surface area (TPSA) is 49.4 Å². The van der Waals surface area contributed by atoms with Gasteiger partial charge in [0, 0.05) is 30.2 Å². The molecule has 0 radical (unpaired) electrons. The van der Waals surface area contributed by atoms with Gasteiger partial charge in [0.25, 0.3) is 5.91 Å². The third kappa shape index (κ3) is 5.59. The second-order valence-corrected chi connectivity index (χ2v) is 9.29. The van der Waals surface area contributed by atoms with E-state index in [9.17, 15) is 9.59 Å². The van der Waals surface area contributed by atoms with Gasteiger partial charge in [0.05, 0.1) is 0 Å². The quantitative estimate of drug-likeness (QED) is 0.568. The Morgan fingerprint density at radius 3 is 2.65 bits per heavy atom. The van der Waals surface area contributed by atoms with E-state index in [0.717, 1.165) is 36.1 Å². The first kappa shape index (κ1) is 21.7. The fourth-order valence-electron chi connectivity index (χ4n) is 4.29. The average Bonchev–Trinajstić information content (AvgIpc) is 3.14. The summed E-state index contributed by atoms with van der Waals surface area (Å²) in [7, 11) is 0. The minimum absolute atomic E-state index is 0.0361. The van der Waals surface area contributed by atoms with Crippen molar-refractivity contribution in [3.05, 3.63) is 82.9 Å². The summed E-state index contributed by atoms with van der Waals surface area (Å²) >= 11 is 1.71. The van der Waals surface area contributed by atoms with Crippen LogP contribution in [0.15, 0.2) is 66.2 Å². The number of carbonyl (C=O) groups is 2. The van der Waals surface area contributed by atoms with E-state index in [0.29, 0.717) is 18.8 Å². The summed E-state index contributed by atoms with van der Waals surface area (Å²) in [6.07, 6.45) is 8.05. The summed E-state index contributed by atoms with van der Waals surface area (Å²) in [6, 6.07) is 17.5. The highest BCUT2D eigenvalue weighted by Gasteiger charge is 2.36. The van der Waals surface area contributed by atoms with Crippen LogP contribution in [-0.2, 0) is 17.1 Å². The molecule has 1 N–H and O–H groups in total. The Labute approximate surface area is 189 Å². The van der Waals surface area contributed by atoms with Gasteiger partial charge in [-0.05, 0) is 49.3 Å². The predicted octanol–water partition coefficient (Wildman–Crippen LogP) is 4.95. The van der Waals surface area contributed by atoms with Gasteiger partial charge in [0.2, 0.25) is 5.91 Å². The predicted molar refractivity (Wildman–Crippen MR) is 127 cm³/mol. The van der Waals surface area contributed by atoms with Gasteiger partial charge in [-0.1, -0.05) is 60.2 Å². The standard InChI is InChI=1S/C26H30N2O2S/c29-25(27-16-15-20-9-3-1-4-10-20)24(19-31-18-21-11-5-2-6-12-21)28-17-22-13-7-8-14-23(22)26(28)30/h2,5-9,11-14,24H,1,3-4,10,15-19H2,(H,27,29)/t24-/m0/s1. The third-order valence-electron chi connectivity index (χ3n) is 6.05. The Bertz CT molecular complexity index is 941. The summed E-state index contributed by atoms with van der Waals surface area (Å²) in [5, 5.41) is 3.12. The van der Waals surface area contributed by atoms with Crippen LogP contribution in [0.4, 0.5) is 0 Å². The molecular formula is C26H30N2O2S. The zero-order valence-electron chi connectivity index (χ0n) is 17.9. The zero-order chi connectivity index (χ0) is 21.5. The number of amides is 2. The van der Waals surface area contributed by atoms with Gasteiger partial charge >= 0.3 is 0 Å². The van der Waals surface area contributed by atoms with E-state index in [1.54, 1.807) is 16.7 Å². The summed E-state index contributed by atoms with van der Waals surface area (Å²) in [5.74, 6) is 1.33. The van der Waals surface area contributed by atoms with Gasteiger partial charge in [0.15, 0.2) is 0 Å². The number of carbonyl (C=O) groups excluding carboxylic acids is 2. The molecule has 162 valence electrons. The van der Waals surface area contributed by atoms with Crippen molar-refractivity contribution < 1.29 is 9.59 Å². The van der Waals surface area contributed by atoms with Gasteiger partial charge in [-0.2, -0.15) is 11.8 Å². The van der Waals surface area contributed by atoms with Gasteiger partial charge in [-0.25, -0.2) is 0 Å². The lowest BCUT2D eigenvalue weighted by molar-refractivity contribution is -0.124. The minimum Gasteiger partial charge on any atom is -0.354 e. The third-order valence-corrected chi connectivity index (χ3v) is 7.13. The van der Waals surface area contributed by atoms with Crippen molar-refractivity contribution in [1.82, 2.24) is 10.2 Å². The maximum Gasteiger partial charge on any atom is 0.255 e. The van der Waals surface area contributed by atoms with Crippen molar-refractivity contribution in [3.8, 4) is 0 Å². The van der Waals surface area contributed by atoms with Crippen LogP contribution in [0.3, 0.4) is 0 Å². The number of benzene rings is 2. The molecule has 2 aliphatic rings. The SMILES string of the molecule is O=C(NCCC1=CCCCC1)[C@H](CSCc1ccccc1)N1Cc2ccccc2C1=O. The van der Waals surface area contributed by atoms with Gasteiger partial charge in [-0.15, -0.1) is 0 Å². The Kier molecular flexibility index (Phi) is 7.47. The second kappa shape index (κ2) is 10.7. The van der Waals surface area contributed by atoms with Crippen molar-refractivity contribution in [2.75, 3.05) is 12.3 Å². The fourth-order valence-corrected chi connectivity index (χ4v) is 5.39.